The van der Waals surface area contributed by atoms with Crippen molar-refractivity contribution < 1.29 is 29.8 Å². The summed E-state index contributed by atoms with van der Waals surface area (Å²) in [6.07, 6.45) is 0. The Labute approximate surface area is 75.1 Å². The SMILES string of the molecule is CNc1ccc([AtH])cc1O. The van der Waals surface area contributed by atoms with Gasteiger partial charge in [-0.1, -0.05) is 0 Å². The second kappa shape index (κ2) is 3.20. The van der Waals surface area contributed by atoms with E-state index in [4.69, 9.17) is 0 Å². The van der Waals surface area contributed by atoms with Gasteiger partial charge in [-0.3, -0.25) is 0 Å². The van der Waals surface area contributed by atoms with Gasteiger partial charge in [0.15, 0.2) is 0 Å². The van der Waals surface area contributed by atoms with Crippen LogP contribution in [0.3, 0.4) is 0 Å². The van der Waals surface area contributed by atoms with Crippen molar-refractivity contribution in [2.24, 2.45) is 0 Å². The van der Waals surface area contributed by atoms with Gasteiger partial charge in [-0.2, -0.15) is 0 Å². The number of phenolic OH excluding ortho intramolecular Hbond substituents is 1. The summed E-state index contributed by atoms with van der Waals surface area (Å²) < 4.78 is 1.15. The number of nitrogens with one attached hydrogen (secondary N) is 1. The summed E-state index contributed by atoms with van der Waals surface area (Å²) >= 11 is 1.37. The van der Waals surface area contributed by atoms with Crippen molar-refractivity contribution in [3.8, 4) is 5.75 Å². The summed E-state index contributed by atoms with van der Waals surface area (Å²) in [7, 11) is 1.79. The first-order chi connectivity index (χ1) is 4.74. The zero-order valence-corrected chi connectivity index (χ0v) is 8.76. The van der Waals surface area contributed by atoms with Crippen LogP contribution in [0.15, 0.2) is 18.2 Å². The van der Waals surface area contributed by atoms with Gasteiger partial charge in [0, 0.05) is 0 Å². The van der Waals surface area contributed by atoms with E-state index in [1.54, 1.807) is 13.1 Å². The van der Waals surface area contributed by atoms with Gasteiger partial charge in [-0.05, 0) is 0 Å². The van der Waals surface area contributed by atoms with E-state index >= 15 is 0 Å². The van der Waals surface area contributed by atoms with E-state index in [1.165, 1.54) is 24.7 Å². The van der Waals surface area contributed by atoms with Gasteiger partial charge in [-0.15, -0.1) is 0 Å². The van der Waals surface area contributed by atoms with E-state index in [2.05, 4.69) is 5.32 Å². The van der Waals surface area contributed by atoms with Gasteiger partial charge in [0.25, 0.3) is 0 Å². The van der Waals surface area contributed by atoms with Gasteiger partial charge in [0.2, 0.25) is 0 Å². The fourth-order valence-corrected chi connectivity index (χ4v) is 1.42. The average Bonchev–Trinajstić information content (AvgIpc) is 1.88. The number of anilines is 1. The molecule has 1 aromatic carbocycles. The summed E-state index contributed by atoms with van der Waals surface area (Å²) in [4.78, 5) is 0. The van der Waals surface area contributed by atoms with E-state index in [0.717, 1.165) is 8.96 Å². The predicted molar refractivity (Wildman–Crippen MR) is 38.7 cm³/mol. The monoisotopic (exact) mass is 333 g/mol. The molecule has 0 atom stereocenters. The zero-order chi connectivity index (χ0) is 7.56. The minimum absolute atomic E-state index is 0.329. The fourth-order valence-electron chi connectivity index (χ4n) is 0.723. The topological polar surface area (TPSA) is 32.3 Å². The Morgan fingerprint density at radius 3 is 2.70 bits per heavy atom. The molecule has 0 aromatic heterocycles. The summed E-state index contributed by atoms with van der Waals surface area (Å²) in [5, 5.41) is 12.1. The molecule has 0 aliphatic rings. The third-order valence-electron chi connectivity index (χ3n) is 1.24. The van der Waals surface area contributed by atoms with Gasteiger partial charge in [-0.25, -0.2) is 0 Å². The second-order valence-electron chi connectivity index (χ2n) is 1.93. The van der Waals surface area contributed by atoms with E-state index in [1.807, 2.05) is 12.1 Å². The van der Waals surface area contributed by atoms with Crippen LogP contribution in [-0.2, 0) is 0 Å². The third-order valence-corrected chi connectivity index (χ3v) is 2.23. The maximum atomic E-state index is 9.24. The van der Waals surface area contributed by atoms with Crippen molar-refractivity contribution in [1.82, 2.24) is 0 Å². The molecule has 0 spiro atoms. The predicted octanol–water partition coefficient (Wildman–Crippen LogP) is 0.341. The molecule has 1 radical (unpaired) electrons. The Kier molecular flexibility index (Phi) is 2.50. The molecule has 0 amide bonds. The molecular weight excluding hydrogens is 324 g/mol. The number of rotatable bonds is 1. The Balaban J connectivity index is 3.07. The maximum absolute atomic E-state index is 9.24. The van der Waals surface area contributed by atoms with Crippen molar-refractivity contribution in [3.63, 3.8) is 0 Å². The van der Waals surface area contributed by atoms with Crippen molar-refractivity contribution in [2.75, 3.05) is 12.4 Å². The Morgan fingerprint density at radius 2 is 2.20 bits per heavy atom. The van der Waals surface area contributed by atoms with E-state index in [9.17, 15) is 5.11 Å². The molecule has 0 aliphatic heterocycles. The molecule has 2 N–H and O–H groups in total. The molecule has 2 nitrogen and oxygen atoms in total. The second-order valence-corrected chi connectivity index (χ2v) is 3.76. The Bertz CT molecular complexity index is 237. The first kappa shape index (κ1) is 7.81. The molecule has 0 saturated heterocycles. The fraction of sp³-hybridized carbons (Fsp3) is 0.143. The Morgan fingerprint density at radius 1 is 1.50 bits per heavy atom. The van der Waals surface area contributed by atoms with Gasteiger partial charge in [0.05, 0.1) is 0 Å². The van der Waals surface area contributed by atoms with Crippen molar-refractivity contribution >= 4 is 8.96 Å². The first-order valence-electron chi connectivity index (χ1n) is 2.92. The summed E-state index contributed by atoms with van der Waals surface area (Å²) in [5.74, 6) is 0.329. The van der Waals surface area contributed by atoms with Crippen LogP contribution in [0.4, 0.5) is 5.69 Å². The molecule has 0 heterocycles. The molecule has 55 valence electrons. The van der Waals surface area contributed by atoms with Crippen molar-refractivity contribution in [1.29, 1.82) is 0 Å². The van der Waals surface area contributed by atoms with Crippen LogP contribution in [0.25, 0.3) is 0 Å². The molecule has 3 heteroatoms. The van der Waals surface area contributed by atoms with Crippen LogP contribution in [0.5, 0.6) is 5.75 Å². The van der Waals surface area contributed by atoms with Gasteiger partial charge in [0.1, 0.15) is 0 Å². The summed E-state index contributed by atoms with van der Waals surface area (Å²) in [6, 6.07) is 5.62. The number of aromatic hydroxyl groups is 1. The number of benzene rings is 1. The zero-order valence-electron chi connectivity index (χ0n) is 5.59. The Hall–Kier alpha value is -0.297. The minimum atomic E-state index is 0.329. The van der Waals surface area contributed by atoms with Gasteiger partial charge >= 0.3 is 75.1 Å². The van der Waals surface area contributed by atoms with E-state index in [0.29, 0.717) is 5.75 Å². The summed E-state index contributed by atoms with van der Waals surface area (Å²) in [6.45, 7) is 0. The van der Waals surface area contributed by atoms with Crippen LogP contribution in [-0.4, -0.2) is 12.2 Å². The number of phenols is 1. The number of hydrogen-bond acceptors (Lipinski definition) is 2. The van der Waals surface area contributed by atoms with Crippen molar-refractivity contribution in [3.05, 3.63) is 18.2 Å². The average molecular weight is 333 g/mol. The molecule has 10 heavy (non-hydrogen) atoms. The standard InChI is InChI=1S/C7H9AtNO/c1-9-6-3-2-5(8)4-7(6)10/h2-4,8-10H,1H3. The van der Waals surface area contributed by atoms with Crippen LogP contribution in [0.2, 0.25) is 0 Å². The van der Waals surface area contributed by atoms with E-state index in [-0.39, 0.29) is 0 Å². The van der Waals surface area contributed by atoms with E-state index < -0.39 is 0 Å². The molecule has 0 bridgehead atoms. The van der Waals surface area contributed by atoms with Crippen LogP contribution in [0, 0.1) is 24.7 Å². The quantitative estimate of drug-likeness (QED) is 0.727. The number of hydrogen-bond donors (Lipinski definition) is 2. The molecule has 0 saturated carbocycles. The molecule has 1 rings (SSSR count). The molecule has 0 unspecified atom stereocenters. The van der Waals surface area contributed by atoms with Gasteiger partial charge < -0.3 is 0 Å². The van der Waals surface area contributed by atoms with Crippen molar-refractivity contribution in [2.45, 2.75) is 0 Å². The molecule has 1 aromatic rings. The molecular formula is C7H9AtNO. The molecule has 0 fully saturated rings. The summed E-state index contributed by atoms with van der Waals surface area (Å²) in [5.41, 5.74) is 0.782. The third kappa shape index (κ3) is 1.60. The van der Waals surface area contributed by atoms with Crippen LogP contribution in [0.1, 0.15) is 0 Å². The first-order valence-corrected chi connectivity index (χ1v) is 4.50. The van der Waals surface area contributed by atoms with Crippen LogP contribution >= 0.6 is 0 Å². The molecule has 0 aliphatic carbocycles. The van der Waals surface area contributed by atoms with Crippen LogP contribution < -0.4 is 8.59 Å². The normalized spacial score (nSPS) is 9.40.